The number of halogens is 2. The maximum absolute atomic E-state index is 13.8. The Morgan fingerprint density at radius 1 is 1.31 bits per heavy atom. The molecule has 1 amide bonds. The van der Waals surface area contributed by atoms with Gasteiger partial charge in [0.1, 0.15) is 16.5 Å². The molecule has 2 aromatic carbocycles. The highest BCUT2D eigenvalue weighted by Gasteiger charge is 2.16. The monoisotopic (exact) mass is 432 g/mol. The van der Waals surface area contributed by atoms with Gasteiger partial charge in [0.25, 0.3) is 0 Å². The normalized spacial score (nSPS) is 10.9. The molecule has 3 rings (SSSR count). The summed E-state index contributed by atoms with van der Waals surface area (Å²) in [5, 5.41) is 7.88. The predicted octanol–water partition coefficient (Wildman–Crippen LogP) is 5.93. The minimum atomic E-state index is -0.572. The Kier molecular flexibility index (Phi) is 6.79. The van der Waals surface area contributed by atoms with E-state index in [1.54, 1.807) is 13.0 Å². The minimum absolute atomic E-state index is 0.168. The van der Waals surface area contributed by atoms with E-state index in [0.29, 0.717) is 15.8 Å². The third-order valence-electron chi connectivity index (χ3n) is 3.80. The van der Waals surface area contributed by atoms with Crippen LogP contribution in [0.3, 0.4) is 0 Å². The standard InChI is InChI=1S/C20H18ClFN4O2S/c1-3-28-20(27)25-18-17(13-9-7-12(2)8-10-13)24-19(29-18)26-23-11-14-15(21)5-4-6-16(14)22/h4-11H,3H2,1-2H3,(H,24,26)(H,25,27)/b23-11-. The molecule has 3 aromatic rings. The van der Waals surface area contributed by atoms with Gasteiger partial charge in [-0.2, -0.15) is 5.10 Å². The van der Waals surface area contributed by atoms with E-state index in [-0.39, 0.29) is 17.2 Å². The fraction of sp³-hybridized carbons (Fsp3) is 0.150. The summed E-state index contributed by atoms with van der Waals surface area (Å²) in [6.45, 7) is 3.96. The van der Waals surface area contributed by atoms with Crippen molar-refractivity contribution in [3.05, 3.63) is 64.4 Å². The number of thiazole rings is 1. The number of ether oxygens (including phenoxy) is 1. The number of hydrazone groups is 1. The van der Waals surface area contributed by atoms with Crippen LogP contribution in [0.15, 0.2) is 47.6 Å². The van der Waals surface area contributed by atoms with E-state index in [2.05, 4.69) is 20.8 Å². The van der Waals surface area contributed by atoms with Crippen molar-refractivity contribution in [2.75, 3.05) is 17.3 Å². The van der Waals surface area contributed by atoms with Crippen LogP contribution in [0.25, 0.3) is 11.3 Å². The molecule has 6 nitrogen and oxygen atoms in total. The van der Waals surface area contributed by atoms with E-state index in [1.165, 1.54) is 29.7 Å². The van der Waals surface area contributed by atoms with Gasteiger partial charge in [0.15, 0.2) is 0 Å². The van der Waals surface area contributed by atoms with Gasteiger partial charge in [0.05, 0.1) is 17.8 Å². The van der Waals surface area contributed by atoms with Crippen LogP contribution in [0.5, 0.6) is 0 Å². The highest BCUT2D eigenvalue weighted by atomic mass is 35.5. The van der Waals surface area contributed by atoms with Crippen molar-refractivity contribution >= 4 is 45.4 Å². The number of hydrogen-bond donors (Lipinski definition) is 2. The summed E-state index contributed by atoms with van der Waals surface area (Å²) in [4.78, 5) is 16.4. The van der Waals surface area contributed by atoms with Crippen LogP contribution < -0.4 is 10.7 Å². The molecule has 1 aromatic heterocycles. The number of amides is 1. The molecular formula is C20H18ClFN4O2S. The second-order valence-corrected chi connectivity index (χ2v) is 7.32. The summed E-state index contributed by atoms with van der Waals surface area (Å²) in [6.07, 6.45) is 0.709. The highest BCUT2D eigenvalue weighted by Crippen LogP contribution is 2.36. The number of nitrogens with one attached hydrogen (secondary N) is 2. The van der Waals surface area contributed by atoms with E-state index < -0.39 is 11.9 Å². The fourth-order valence-corrected chi connectivity index (χ4v) is 3.44. The van der Waals surface area contributed by atoms with Gasteiger partial charge >= 0.3 is 6.09 Å². The lowest BCUT2D eigenvalue weighted by molar-refractivity contribution is 0.168. The Balaban J connectivity index is 1.86. The SMILES string of the molecule is CCOC(=O)Nc1sc(N/N=C\c2c(F)cccc2Cl)nc1-c1ccc(C)cc1. The summed E-state index contributed by atoms with van der Waals surface area (Å²) in [7, 11) is 0. The van der Waals surface area contributed by atoms with Crippen LogP contribution >= 0.6 is 22.9 Å². The van der Waals surface area contributed by atoms with Gasteiger partial charge in [-0.1, -0.05) is 58.8 Å². The molecule has 1 heterocycles. The molecule has 150 valence electrons. The average Bonchev–Trinajstić information content (AvgIpc) is 3.07. The van der Waals surface area contributed by atoms with Crippen LogP contribution in [0.4, 0.5) is 19.3 Å². The van der Waals surface area contributed by atoms with E-state index in [0.717, 1.165) is 11.1 Å². The lowest BCUT2D eigenvalue weighted by Crippen LogP contribution is -2.12. The molecule has 9 heteroatoms. The van der Waals surface area contributed by atoms with Crippen molar-refractivity contribution in [1.29, 1.82) is 0 Å². The zero-order chi connectivity index (χ0) is 20.8. The van der Waals surface area contributed by atoms with Crippen LogP contribution in [0.2, 0.25) is 5.02 Å². The molecule has 0 fully saturated rings. The maximum Gasteiger partial charge on any atom is 0.412 e. The van der Waals surface area contributed by atoms with Crippen molar-refractivity contribution in [3.63, 3.8) is 0 Å². The van der Waals surface area contributed by atoms with Crippen molar-refractivity contribution in [2.24, 2.45) is 5.10 Å². The average molecular weight is 433 g/mol. The molecule has 0 radical (unpaired) electrons. The first-order chi connectivity index (χ1) is 14.0. The Labute approximate surface area is 176 Å². The van der Waals surface area contributed by atoms with Gasteiger partial charge in [-0.25, -0.2) is 14.2 Å². The molecule has 29 heavy (non-hydrogen) atoms. The molecule has 0 unspecified atom stereocenters. The zero-order valence-corrected chi connectivity index (χ0v) is 17.3. The molecular weight excluding hydrogens is 415 g/mol. The first-order valence-corrected chi connectivity index (χ1v) is 9.92. The summed E-state index contributed by atoms with van der Waals surface area (Å²) in [5.74, 6) is -0.479. The lowest BCUT2D eigenvalue weighted by atomic mass is 10.1. The number of aromatic nitrogens is 1. The van der Waals surface area contributed by atoms with Crippen LogP contribution in [0.1, 0.15) is 18.1 Å². The molecule has 0 spiro atoms. The van der Waals surface area contributed by atoms with Crippen molar-refractivity contribution < 1.29 is 13.9 Å². The Morgan fingerprint density at radius 3 is 2.76 bits per heavy atom. The number of aryl methyl sites for hydroxylation is 1. The number of rotatable bonds is 6. The van der Waals surface area contributed by atoms with Gasteiger partial charge in [0, 0.05) is 11.1 Å². The van der Waals surface area contributed by atoms with Crippen LogP contribution in [0, 0.1) is 12.7 Å². The van der Waals surface area contributed by atoms with E-state index in [1.807, 2.05) is 31.2 Å². The van der Waals surface area contributed by atoms with Crippen molar-refractivity contribution in [2.45, 2.75) is 13.8 Å². The smallest absolute Gasteiger partial charge is 0.412 e. The number of anilines is 2. The quantitative estimate of drug-likeness (QED) is 0.374. The van der Waals surface area contributed by atoms with Gasteiger partial charge in [0.2, 0.25) is 5.13 Å². The predicted molar refractivity (Wildman–Crippen MR) is 116 cm³/mol. The van der Waals surface area contributed by atoms with Crippen molar-refractivity contribution in [3.8, 4) is 11.3 Å². The summed E-state index contributed by atoms with van der Waals surface area (Å²) < 4.78 is 18.8. The maximum atomic E-state index is 13.8. The molecule has 0 aliphatic carbocycles. The van der Waals surface area contributed by atoms with Crippen LogP contribution in [-0.2, 0) is 4.74 Å². The first-order valence-electron chi connectivity index (χ1n) is 8.72. The lowest BCUT2D eigenvalue weighted by Gasteiger charge is -2.05. The second-order valence-electron chi connectivity index (χ2n) is 5.91. The van der Waals surface area contributed by atoms with Gasteiger partial charge in [-0.15, -0.1) is 0 Å². The summed E-state index contributed by atoms with van der Waals surface area (Å²) in [5.41, 5.74) is 5.43. The zero-order valence-electron chi connectivity index (χ0n) is 15.7. The molecule has 0 saturated carbocycles. The van der Waals surface area contributed by atoms with E-state index in [9.17, 15) is 9.18 Å². The second kappa shape index (κ2) is 9.49. The minimum Gasteiger partial charge on any atom is -0.450 e. The van der Waals surface area contributed by atoms with E-state index >= 15 is 0 Å². The van der Waals surface area contributed by atoms with Crippen LogP contribution in [-0.4, -0.2) is 23.9 Å². The van der Waals surface area contributed by atoms with Gasteiger partial charge < -0.3 is 4.74 Å². The van der Waals surface area contributed by atoms with Crippen molar-refractivity contribution in [1.82, 2.24) is 4.98 Å². The number of carbonyl (C=O) groups excluding carboxylic acids is 1. The van der Waals surface area contributed by atoms with E-state index in [4.69, 9.17) is 16.3 Å². The highest BCUT2D eigenvalue weighted by molar-refractivity contribution is 7.20. The third kappa shape index (κ3) is 5.30. The summed E-state index contributed by atoms with van der Waals surface area (Å²) >= 11 is 7.17. The topological polar surface area (TPSA) is 75.6 Å². The largest absolute Gasteiger partial charge is 0.450 e. The Hall–Kier alpha value is -2.97. The number of hydrogen-bond acceptors (Lipinski definition) is 6. The molecule has 0 saturated heterocycles. The molecule has 0 aliphatic rings. The Morgan fingerprint density at radius 2 is 2.07 bits per heavy atom. The van der Waals surface area contributed by atoms with Gasteiger partial charge in [-0.05, 0) is 26.0 Å². The summed E-state index contributed by atoms with van der Waals surface area (Å²) in [6, 6.07) is 12.1. The third-order valence-corrected chi connectivity index (χ3v) is 5.00. The van der Waals surface area contributed by atoms with Gasteiger partial charge in [-0.3, -0.25) is 10.7 Å². The fourth-order valence-electron chi connectivity index (χ4n) is 2.41. The molecule has 0 aliphatic heterocycles. The number of benzene rings is 2. The molecule has 0 atom stereocenters. The number of nitrogens with zero attached hydrogens (tertiary/aromatic N) is 2. The molecule has 0 bridgehead atoms. The molecule has 2 N–H and O–H groups in total. The first kappa shape index (κ1) is 20.8. The number of carbonyl (C=O) groups is 1. The Bertz CT molecular complexity index is 1020.